The highest BCUT2D eigenvalue weighted by Gasteiger charge is 2.21. The van der Waals surface area contributed by atoms with Crippen molar-refractivity contribution in [2.24, 2.45) is 7.05 Å². The smallest absolute Gasteiger partial charge is 0.250 e. The van der Waals surface area contributed by atoms with E-state index < -0.39 is 17.6 Å². The van der Waals surface area contributed by atoms with Crippen LogP contribution in [0.15, 0.2) is 59.7 Å². The molecule has 5 rings (SSSR count). The molecule has 6 nitrogen and oxygen atoms in total. The molecule has 4 aromatic rings. The summed E-state index contributed by atoms with van der Waals surface area (Å²) in [5.74, 6) is -1.84. The number of anilines is 1. The van der Waals surface area contributed by atoms with Gasteiger partial charge in [-0.15, -0.1) is 0 Å². The zero-order valence-electron chi connectivity index (χ0n) is 19.0. The van der Waals surface area contributed by atoms with E-state index >= 15 is 4.39 Å². The second-order valence-corrected chi connectivity index (χ2v) is 8.45. The van der Waals surface area contributed by atoms with Crippen LogP contribution in [0.4, 0.5) is 14.5 Å². The van der Waals surface area contributed by atoms with Gasteiger partial charge in [-0.3, -0.25) is 4.79 Å². The Balaban J connectivity index is 1.60. The molecule has 0 amide bonds. The van der Waals surface area contributed by atoms with Crippen molar-refractivity contribution in [2.45, 2.75) is 12.8 Å². The molecule has 0 bridgehead atoms. The molecule has 174 valence electrons. The average Bonchev–Trinajstić information content (AvgIpc) is 2.85. The minimum absolute atomic E-state index is 0.190. The summed E-state index contributed by atoms with van der Waals surface area (Å²) in [5, 5.41) is 0.677. The molecule has 1 atom stereocenters. The van der Waals surface area contributed by atoms with Crippen molar-refractivity contribution in [1.82, 2.24) is 14.5 Å². The van der Waals surface area contributed by atoms with E-state index in [1.807, 2.05) is 18.2 Å². The number of aromatic nitrogens is 3. The summed E-state index contributed by atoms with van der Waals surface area (Å²) in [6.07, 6.45) is 1.40. The number of pyridine rings is 1. The maximum absolute atomic E-state index is 15.0. The Labute approximate surface area is 195 Å². The molecule has 1 aliphatic rings. The largest absolute Gasteiger partial charge is 0.378 e. The molecule has 1 unspecified atom stereocenters. The third-order valence-corrected chi connectivity index (χ3v) is 6.47. The number of benzene rings is 2. The molecular weight excluding hydrogens is 438 g/mol. The lowest BCUT2D eigenvalue weighted by Crippen LogP contribution is -2.36. The van der Waals surface area contributed by atoms with E-state index in [1.165, 1.54) is 23.0 Å². The van der Waals surface area contributed by atoms with Crippen LogP contribution >= 0.6 is 0 Å². The van der Waals surface area contributed by atoms with Crippen molar-refractivity contribution >= 4 is 16.6 Å². The quantitative estimate of drug-likeness (QED) is 0.454. The number of fused-ring (bicyclic) bond motifs is 1. The van der Waals surface area contributed by atoms with E-state index in [2.05, 4.69) is 14.9 Å². The molecule has 0 radical (unpaired) electrons. The SMILES string of the molecule is CC(c1cc(-c2ncnc3cc(N4CCOCC4)ccc23)c(F)cc1F)c1cccc(=O)n1C. The number of nitrogens with zero attached hydrogens (tertiary/aromatic N) is 4. The minimum Gasteiger partial charge on any atom is -0.378 e. The van der Waals surface area contributed by atoms with E-state index in [9.17, 15) is 9.18 Å². The van der Waals surface area contributed by atoms with Crippen molar-refractivity contribution in [3.8, 4) is 11.3 Å². The summed E-state index contributed by atoms with van der Waals surface area (Å²) in [6.45, 7) is 4.71. The molecule has 0 saturated carbocycles. The molecule has 2 aromatic carbocycles. The van der Waals surface area contributed by atoms with Crippen LogP contribution in [0, 0.1) is 11.6 Å². The summed E-state index contributed by atoms with van der Waals surface area (Å²) in [5.41, 5.74) is 3.00. The number of hydrogen-bond donors (Lipinski definition) is 0. The Kier molecular flexibility index (Phi) is 5.83. The summed E-state index contributed by atoms with van der Waals surface area (Å²) in [7, 11) is 1.64. The van der Waals surface area contributed by atoms with Crippen LogP contribution in [0.25, 0.3) is 22.2 Å². The fourth-order valence-corrected chi connectivity index (χ4v) is 4.53. The molecule has 3 heterocycles. The molecule has 1 aliphatic heterocycles. The van der Waals surface area contributed by atoms with Gasteiger partial charge in [0.25, 0.3) is 0 Å². The molecule has 34 heavy (non-hydrogen) atoms. The van der Waals surface area contributed by atoms with E-state index in [4.69, 9.17) is 4.74 Å². The number of ether oxygens (including phenoxy) is 1. The molecule has 0 N–H and O–H groups in total. The summed E-state index contributed by atoms with van der Waals surface area (Å²) >= 11 is 0. The highest BCUT2D eigenvalue weighted by atomic mass is 19.1. The van der Waals surface area contributed by atoms with Crippen LogP contribution in [0.3, 0.4) is 0 Å². The minimum atomic E-state index is -0.701. The van der Waals surface area contributed by atoms with Gasteiger partial charge in [-0.1, -0.05) is 13.0 Å². The molecule has 0 spiro atoms. The lowest BCUT2D eigenvalue weighted by Gasteiger charge is -2.29. The van der Waals surface area contributed by atoms with Gasteiger partial charge in [-0.25, -0.2) is 18.7 Å². The fraction of sp³-hybridized carbons (Fsp3) is 0.269. The van der Waals surface area contributed by atoms with Gasteiger partial charge in [-0.05, 0) is 35.9 Å². The van der Waals surface area contributed by atoms with Gasteiger partial charge in [0.2, 0.25) is 5.56 Å². The van der Waals surface area contributed by atoms with Crippen molar-refractivity contribution in [2.75, 3.05) is 31.2 Å². The van der Waals surface area contributed by atoms with Gasteiger partial charge in [0.05, 0.1) is 24.4 Å². The van der Waals surface area contributed by atoms with Crippen LogP contribution in [0.2, 0.25) is 0 Å². The molecule has 2 aromatic heterocycles. The zero-order chi connectivity index (χ0) is 23.8. The Bertz CT molecular complexity index is 1430. The zero-order valence-corrected chi connectivity index (χ0v) is 19.0. The van der Waals surface area contributed by atoms with Gasteiger partial charge in [0.1, 0.15) is 18.0 Å². The van der Waals surface area contributed by atoms with Gasteiger partial charge in [-0.2, -0.15) is 0 Å². The lowest BCUT2D eigenvalue weighted by molar-refractivity contribution is 0.122. The summed E-state index contributed by atoms with van der Waals surface area (Å²) in [6, 6.07) is 13.0. The monoisotopic (exact) mass is 462 g/mol. The second-order valence-electron chi connectivity index (χ2n) is 8.45. The Morgan fingerprint density at radius 3 is 2.59 bits per heavy atom. The predicted molar refractivity (Wildman–Crippen MR) is 127 cm³/mol. The standard InChI is InChI=1S/C26H24F2N4O2/c1-16(24-4-3-5-25(33)31(24)2)19-13-20(22(28)14-21(19)27)26-18-7-6-17(12-23(18)29-15-30-26)32-8-10-34-11-9-32/h3-7,12-16H,8-11H2,1-2H3. The first-order chi connectivity index (χ1) is 16.4. The average molecular weight is 463 g/mol. The van der Waals surface area contributed by atoms with Crippen molar-refractivity contribution < 1.29 is 13.5 Å². The molecule has 1 fully saturated rings. The van der Waals surface area contributed by atoms with Crippen molar-refractivity contribution in [3.63, 3.8) is 0 Å². The topological polar surface area (TPSA) is 60.2 Å². The number of halogens is 2. The highest BCUT2D eigenvalue weighted by Crippen LogP contribution is 2.34. The Morgan fingerprint density at radius 1 is 1.00 bits per heavy atom. The first-order valence-electron chi connectivity index (χ1n) is 11.2. The molecule has 0 aliphatic carbocycles. The normalized spacial score (nSPS) is 15.0. The van der Waals surface area contributed by atoms with Gasteiger partial charge < -0.3 is 14.2 Å². The fourth-order valence-electron chi connectivity index (χ4n) is 4.53. The van der Waals surface area contributed by atoms with Gasteiger partial charge in [0.15, 0.2) is 0 Å². The lowest BCUT2D eigenvalue weighted by atomic mass is 9.93. The highest BCUT2D eigenvalue weighted by molar-refractivity contribution is 5.94. The predicted octanol–water partition coefficient (Wildman–Crippen LogP) is 4.26. The van der Waals surface area contributed by atoms with Crippen molar-refractivity contribution in [1.29, 1.82) is 0 Å². The summed E-state index contributed by atoms with van der Waals surface area (Å²) in [4.78, 5) is 23.0. The Hall–Kier alpha value is -3.65. The van der Waals surface area contributed by atoms with Crippen LogP contribution in [0.1, 0.15) is 24.1 Å². The van der Waals surface area contributed by atoms with Gasteiger partial charge >= 0.3 is 0 Å². The number of hydrogen-bond acceptors (Lipinski definition) is 5. The number of rotatable bonds is 4. The molecular formula is C26H24F2N4O2. The van der Waals surface area contributed by atoms with Crippen LogP contribution in [0.5, 0.6) is 0 Å². The second kappa shape index (κ2) is 8.95. The molecule has 1 saturated heterocycles. The summed E-state index contributed by atoms with van der Waals surface area (Å²) < 4.78 is 36.9. The number of morpholine rings is 1. The maximum atomic E-state index is 15.0. The maximum Gasteiger partial charge on any atom is 0.250 e. The van der Waals surface area contributed by atoms with Crippen LogP contribution < -0.4 is 10.5 Å². The Morgan fingerprint density at radius 2 is 1.79 bits per heavy atom. The van der Waals surface area contributed by atoms with E-state index in [-0.39, 0.29) is 16.7 Å². The third kappa shape index (κ3) is 3.94. The van der Waals surface area contributed by atoms with E-state index in [0.29, 0.717) is 35.5 Å². The van der Waals surface area contributed by atoms with E-state index in [0.717, 1.165) is 24.8 Å². The first kappa shape index (κ1) is 22.2. The molecule has 8 heteroatoms. The van der Waals surface area contributed by atoms with Crippen LogP contribution in [-0.4, -0.2) is 40.8 Å². The third-order valence-electron chi connectivity index (χ3n) is 6.47. The van der Waals surface area contributed by atoms with Gasteiger partial charge in [0, 0.05) is 60.5 Å². The van der Waals surface area contributed by atoms with E-state index in [1.54, 1.807) is 26.1 Å². The van der Waals surface area contributed by atoms with Crippen molar-refractivity contribution in [3.05, 3.63) is 88.1 Å². The van der Waals surface area contributed by atoms with Crippen LogP contribution in [-0.2, 0) is 11.8 Å². The first-order valence-corrected chi connectivity index (χ1v) is 11.2.